The molecule has 0 radical (unpaired) electrons. The summed E-state index contributed by atoms with van der Waals surface area (Å²) >= 11 is 0. The van der Waals surface area contributed by atoms with E-state index >= 15 is 0 Å². The van der Waals surface area contributed by atoms with Crippen molar-refractivity contribution >= 4 is 15.8 Å². The topological polar surface area (TPSA) is 115 Å². The standard InChI is InChI=1S/C6H9N3O5S/c10-3-4-15(13,14)5-8-2-1-7-6(8)9(11)12/h1-2,10H,3-5H2. The van der Waals surface area contributed by atoms with Crippen LogP contribution in [0.5, 0.6) is 0 Å². The number of aliphatic hydroxyl groups is 1. The molecule has 0 bridgehead atoms. The van der Waals surface area contributed by atoms with Crippen LogP contribution in [0, 0.1) is 10.1 Å². The molecule has 1 rings (SSSR count). The monoisotopic (exact) mass is 235 g/mol. The highest BCUT2D eigenvalue weighted by Gasteiger charge is 2.20. The fraction of sp³-hybridized carbons (Fsp3) is 0.500. The molecule has 0 spiro atoms. The van der Waals surface area contributed by atoms with E-state index in [0.29, 0.717) is 0 Å². The van der Waals surface area contributed by atoms with Gasteiger partial charge in [0.25, 0.3) is 0 Å². The zero-order valence-corrected chi connectivity index (χ0v) is 8.42. The van der Waals surface area contributed by atoms with Gasteiger partial charge in [-0.15, -0.1) is 0 Å². The number of hydrogen-bond donors (Lipinski definition) is 1. The van der Waals surface area contributed by atoms with Crippen LogP contribution in [0.3, 0.4) is 0 Å². The number of rotatable bonds is 5. The average molecular weight is 235 g/mol. The van der Waals surface area contributed by atoms with Gasteiger partial charge in [0.15, 0.2) is 15.7 Å². The van der Waals surface area contributed by atoms with Crippen LogP contribution in [-0.4, -0.2) is 40.4 Å². The van der Waals surface area contributed by atoms with Gasteiger partial charge in [-0.2, -0.15) is 0 Å². The first-order valence-corrected chi connectivity index (χ1v) is 5.75. The van der Waals surface area contributed by atoms with Crippen LogP contribution in [0.2, 0.25) is 0 Å². The van der Waals surface area contributed by atoms with Gasteiger partial charge < -0.3 is 15.2 Å². The van der Waals surface area contributed by atoms with Crippen LogP contribution >= 0.6 is 0 Å². The molecule has 0 aromatic carbocycles. The summed E-state index contributed by atoms with van der Waals surface area (Å²) in [6.07, 6.45) is 2.35. The summed E-state index contributed by atoms with van der Waals surface area (Å²) in [7, 11) is -3.54. The highest BCUT2D eigenvalue weighted by molar-refractivity contribution is 7.90. The fourth-order valence-electron chi connectivity index (χ4n) is 0.990. The van der Waals surface area contributed by atoms with Gasteiger partial charge >= 0.3 is 5.95 Å². The predicted molar refractivity (Wildman–Crippen MR) is 49.8 cm³/mol. The zero-order valence-electron chi connectivity index (χ0n) is 7.61. The Balaban J connectivity index is 2.90. The van der Waals surface area contributed by atoms with E-state index in [1.807, 2.05) is 0 Å². The van der Waals surface area contributed by atoms with Crippen molar-refractivity contribution in [2.24, 2.45) is 0 Å². The van der Waals surface area contributed by atoms with Gasteiger partial charge in [-0.05, 0) is 4.92 Å². The van der Waals surface area contributed by atoms with Crippen LogP contribution in [0.1, 0.15) is 0 Å². The molecule has 1 aromatic heterocycles. The predicted octanol–water partition coefficient (Wildman–Crippen LogP) is -0.844. The van der Waals surface area contributed by atoms with E-state index in [1.165, 1.54) is 6.20 Å². The highest BCUT2D eigenvalue weighted by atomic mass is 32.2. The van der Waals surface area contributed by atoms with E-state index in [4.69, 9.17) is 5.11 Å². The first-order chi connectivity index (χ1) is 6.96. The van der Waals surface area contributed by atoms with Crippen LogP contribution in [-0.2, 0) is 15.7 Å². The molecule has 9 heteroatoms. The van der Waals surface area contributed by atoms with Crippen molar-refractivity contribution in [3.05, 3.63) is 22.5 Å². The SMILES string of the molecule is O=[N+]([O-])c1nccn1CS(=O)(=O)CCO. The second-order valence-corrected chi connectivity index (χ2v) is 4.91. The fourth-order valence-corrected chi connectivity index (χ4v) is 2.02. The van der Waals surface area contributed by atoms with E-state index in [2.05, 4.69) is 4.98 Å². The zero-order chi connectivity index (χ0) is 11.5. The maximum atomic E-state index is 11.2. The van der Waals surface area contributed by atoms with Crippen molar-refractivity contribution in [2.75, 3.05) is 12.4 Å². The number of nitro groups is 1. The molecule has 0 aliphatic heterocycles. The summed E-state index contributed by atoms with van der Waals surface area (Å²) in [5.41, 5.74) is 0. The molecule has 0 fully saturated rings. The molecule has 0 unspecified atom stereocenters. The number of nitrogens with zero attached hydrogens (tertiary/aromatic N) is 3. The van der Waals surface area contributed by atoms with Gasteiger partial charge in [0, 0.05) is 0 Å². The molecule has 0 amide bonds. The quantitative estimate of drug-likeness (QED) is 0.525. The first kappa shape index (κ1) is 11.6. The van der Waals surface area contributed by atoms with Gasteiger partial charge in [-0.3, -0.25) is 0 Å². The Hall–Kier alpha value is -1.48. The maximum Gasteiger partial charge on any atom is 0.435 e. The molecule has 15 heavy (non-hydrogen) atoms. The summed E-state index contributed by atoms with van der Waals surface area (Å²) in [4.78, 5) is 13.0. The van der Waals surface area contributed by atoms with Crippen LogP contribution in [0.4, 0.5) is 5.95 Å². The van der Waals surface area contributed by atoms with Crippen molar-refractivity contribution in [3.8, 4) is 0 Å². The minimum absolute atomic E-state index is 0.428. The lowest BCUT2D eigenvalue weighted by atomic mass is 10.9. The highest BCUT2D eigenvalue weighted by Crippen LogP contribution is 2.09. The molecule has 1 N–H and O–H groups in total. The average Bonchev–Trinajstić information content (AvgIpc) is 2.50. The van der Waals surface area contributed by atoms with Crippen LogP contribution in [0.25, 0.3) is 0 Å². The molecule has 0 aliphatic carbocycles. The third-order valence-electron chi connectivity index (χ3n) is 1.59. The Kier molecular flexibility index (Phi) is 3.37. The summed E-state index contributed by atoms with van der Waals surface area (Å²) in [5, 5.41) is 18.9. The second-order valence-electron chi connectivity index (χ2n) is 2.75. The Morgan fingerprint density at radius 3 is 2.80 bits per heavy atom. The number of hydrogen-bond acceptors (Lipinski definition) is 6. The minimum Gasteiger partial charge on any atom is -0.395 e. The van der Waals surface area contributed by atoms with Gasteiger partial charge in [0.1, 0.15) is 12.4 Å². The molecule has 0 saturated carbocycles. The maximum absolute atomic E-state index is 11.2. The van der Waals surface area contributed by atoms with E-state index in [1.54, 1.807) is 0 Å². The summed E-state index contributed by atoms with van der Waals surface area (Å²) in [5.74, 6) is -1.51. The third kappa shape index (κ3) is 2.99. The van der Waals surface area contributed by atoms with Gasteiger partial charge in [-0.1, -0.05) is 4.98 Å². The number of sulfone groups is 1. The largest absolute Gasteiger partial charge is 0.435 e. The lowest BCUT2D eigenvalue weighted by Crippen LogP contribution is -2.17. The Bertz CT molecular complexity index is 451. The van der Waals surface area contributed by atoms with E-state index in [9.17, 15) is 18.5 Å². The molecule has 8 nitrogen and oxygen atoms in total. The second kappa shape index (κ2) is 4.36. The van der Waals surface area contributed by atoms with E-state index < -0.39 is 38.9 Å². The smallest absolute Gasteiger partial charge is 0.395 e. The van der Waals surface area contributed by atoms with Crippen molar-refractivity contribution < 1.29 is 18.4 Å². The van der Waals surface area contributed by atoms with Crippen LogP contribution < -0.4 is 0 Å². The third-order valence-corrected chi connectivity index (χ3v) is 3.07. The molecule has 0 atom stereocenters. The number of imidazole rings is 1. The summed E-state index contributed by atoms with van der Waals surface area (Å²) < 4.78 is 23.4. The van der Waals surface area contributed by atoms with Gasteiger partial charge in [0.05, 0.1) is 12.4 Å². The summed E-state index contributed by atoms with van der Waals surface area (Å²) in [6, 6.07) is 0. The minimum atomic E-state index is -3.54. The Morgan fingerprint density at radius 1 is 1.60 bits per heavy atom. The molecule has 0 saturated heterocycles. The van der Waals surface area contributed by atoms with E-state index in [0.717, 1.165) is 10.8 Å². The van der Waals surface area contributed by atoms with Crippen molar-refractivity contribution in [3.63, 3.8) is 0 Å². The molecule has 0 aliphatic rings. The Morgan fingerprint density at radius 2 is 2.27 bits per heavy atom. The number of aliphatic hydroxyl groups excluding tert-OH is 1. The molecule has 1 heterocycles. The van der Waals surface area contributed by atoms with Crippen molar-refractivity contribution in [1.82, 2.24) is 9.55 Å². The molecular formula is C6H9N3O5S. The lowest BCUT2D eigenvalue weighted by Gasteiger charge is -2.01. The lowest BCUT2D eigenvalue weighted by molar-refractivity contribution is -0.396. The van der Waals surface area contributed by atoms with Gasteiger partial charge in [0.2, 0.25) is 0 Å². The van der Waals surface area contributed by atoms with Crippen molar-refractivity contribution in [1.29, 1.82) is 0 Å². The van der Waals surface area contributed by atoms with Gasteiger partial charge in [-0.25, -0.2) is 13.0 Å². The van der Waals surface area contributed by atoms with Crippen molar-refractivity contribution in [2.45, 2.75) is 5.88 Å². The number of aromatic nitrogens is 2. The Labute approximate surface area is 85.2 Å². The van der Waals surface area contributed by atoms with Crippen LogP contribution in [0.15, 0.2) is 12.4 Å². The molecule has 1 aromatic rings. The van der Waals surface area contributed by atoms with E-state index in [-0.39, 0.29) is 0 Å². The molecular weight excluding hydrogens is 226 g/mol. The normalized spacial score (nSPS) is 11.5. The summed E-state index contributed by atoms with van der Waals surface area (Å²) in [6.45, 7) is -0.509. The first-order valence-electron chi connectivity index (χ1n) is 3.93. The molecule has 84 valence electrons.